The number of pyridine rings is 1. The Kier molecular flexibility index (Phi) is 3.88. The Morgan fingerprint density at radius 2 is 2.39 bits per heavy atom. The van der Waals surface area contributed by atoms with Crippen molar-refractivity contribution in [3.63, 3.8) is 0 Å². The van der Waals surface area contributed by atoms with E-state index in [0.29, 0.717) is 24.4 Å². The Labute approximate surface area is 104 Å². The molecule has 0 bridgehead atoms. The molecule has 2 aromatic heterocycles. The third-order valence-electron chi connectivity index (χ3n) is 2.54. The maximum absolute atomic E-state index is 10.8. The molecule has 0 fully saturated rings. The summed E-state index contributed by atoms with van der Waals surface area (Å²) < 4.78 is 5.24. The molecule has 2 rings (SSSR count). The van der Waals surface area contributed by atoms with Crippen LogP contribution in [0.2, 0.25) is 0 Å². The van der Waals surface area contributed by atoms with Crippen molar-refractivity contribution in [3.05, 3.63) is 23.7 Å². The molecule has 0 spiro atoms. The van der Waals surface area contributed by atoms with Crippen molar-refractivity contribution in [2.75, 3.05) is 13.2 Å². The van der Waals surface area contributed by atoms with Gasteiger partial charge in [-0.3, -0.25) is 0 Å². The Bertz CT molecular complexity index is 550. The number of nitrogens with zero attached hydrogens (tertiary/aromatic N) is 2. The van der Waals surface area contributed by atoms with Crippen LogP contribution in [-0.4, -0.2) is 39.2 Å². The lowest BCUT2D eigenvalue weighted by molar-refractivity contribution is 0.0696. The first-order chi connectivity index (χ1) is 8.70. The summed E-state index contributed by atoms with van der Waals surface area (Å²) >= 11 is 0. The van der Waals surface area contributed by atoms with Gasteiger partial charge in [-0.1, -0.05) is 0 Å². The van der Waals surface area contributed by atoms with E-state index in [4.69, 9.17) is 9.84 Å². The van der Waals surface area contributed by atoms with Crippen LogP contribution in [0.25, 0.3) is 11.2 Å². The van der Waals surface area contributed by atoms with E-state index in [2.05, 4.69) is 15.0 Å². The molecule has 0 amide bonds. The number of aryl methyl sites for hydroxylation is 1. The second-order valence-corrected chi connectivity index (χ2v) is 3.88. The minimum Gasteiger partial charge on any atom is -0.478 e. The molecule has 0 unspecified atom stereocenters. The van der Waals surface area contributed by atoms with Gasteiger partial charge in [0.25, 0.3) is 0 Å². The molecule has 0 radical (unpaired) electrons. The summed E-state index contributed by atoms with van der Waals surface area (Å²) in [5.41, 5.74) is 1.36. The minimum absolute atomic E-state index is 0.159. The van der Waals surface area contributed by atoms with Crippen LogP contribution in [0.3, 0.4) is 0 Å². The second kappa shape index (κ2) is 5.59. The molecule has 0 aromatic carbocycles. The zero-order valence-corrected chi connectivity index (χ0v) is 10.1. The van der Waals surface area contributed by atoms with E-state index in [1.807, 2.05) is 6.92 Å². The average molecular weight is 249 g/mol. The molecule has 6 nitrogen and oxygen atoms in total. The number of carboxylic acid groups (broad SMARTS) is 1. The summed E-state index contributed by atoms with van der Waals surface area (Å²) in [6.07, 6.45) is 2.95. The molecule has 0 aliphatic carbocycles. The molecular formula is C12H15N3O3. The van der Waals surface area contributed by atoms with Crippen molar-refractivity contribution in [3.8, 4) is 0 Å². The molecule has 2 heterocycles. The summed E-state index contributed by atoms with van der Waals surface area (Å²) in [6, 6.07) is 1.55. The van der Waals surface area contributed by atoms with E-state index in [0.717, 1.165) is 18.7 Å². The second-order valence-electron chi connectivity index (χ2n) is 3.88. The number of carboxylic acids is 1. The summed E-state index contributed by atoms with van der Waals surface area (Å²) in [7, 11) is 0. The highest BCUT2D eigenvalue weighted by Gasteiger charge is 2.08. The van der Waals surface area contributed by atoms with Gasteiger partial charge in [0.2, 0.25) is 0 Å². The Morgan fingerprint density at radius 3 is 3.11 bits per heavy atom. The lowest BCUT2D eigenvalue weighted by atomic mass is 10.3. The van der Waals surface area contributed by atoms with Crippen molar-refractivity contribution >= 4 is 17.1 Å². The molecule has 2 N–H and O–H groups in total. The number of aromatic amines is 1. The van der Waals surface area contributed by atoms with Gasteiger partial charge in [-0.25, -0.2) is 14.8 Å². The van der Waals surface area contributed by atoms with E-state index >= 15 is 0 Å². The molecule has 0 saturated carbocycles. The fourth-order valence-electron chi connectivity index (χ4n) is 1.67. The maximum atomic E-state index is 10.8. The van der Waals surface area contributed by atoms with Gasteiger partial charge in [0.1, 0.15) is 5.82 Å². The Balaban J connectivity index is 2.09. The largest absolute Gasteiger partial charge is 0.478 e. The smallest absolute Gasteiger partial charge is 0.337 e. The zero-order chi connectivity index (χ0) is 13.0. The summed E-state index contributed by atoms with van der Waals surface area (Å²) in [5, 5.41) is 8.86. The number of hydrogen-bond donors (Lipinski definition) is 2. The van der Waals surface area contributed by atoms with Gasteiger partial charge in [-0.2, -0.15) is 0 Å². The fraction of sp³-hybridized carbons (Fsp3) is 0.417. The number of fused-ring (bicyclic) bond motifs is 1. The topological polar surface area (TPSA) is 88.1 Å². The number of nitrogens with one attached hydrogen (secondary N) is 1. The molecule has 2 aromatic rings. The number of ether oxygens (including phenoxy) is 1. The average Bonchev–Trinajstić information content (AvgIpc) is 2.76. The van der Waals surface area contributed by atoms with Crippen molar-refractivity contribution in [2.24, 2.45) is 0 Å². The molecule has 96 valence electrons. The standard InChI is InChI=1S/C12H15N3O3/c1-2-18-5-3-4-10-14-9-6-8(12(16)17)7-13-11(9)15-10/h6-7H,2-5H2,1H3,(H,16,17)(H,13,14,15). The number of hydrogen-bond acceptors (Lipinski definition) is 4. The molecule has 0 saturated heterocycles. The van der Waals surface area contributed by atoms with Gasteiger partial charge in [0, 0.05) is 25.8 Å². The first-order valence-corrected chi connectivity index (χ1v) is 5.86. The number of aromatic nitrogens is 3. The normalized spacial score (nSPS) is 10.9. The molecule has 0 aliphatic rings. The Hall–Kier alpha value is -1.95. The van der Waals surface area contributed by atoms with Gasteiger partial charge >= 0.3 is 5.97 Å². The summed E-state index contributed by atoms with van der Waals surface area (Å²) in [6.45, 7) is 3.36. The van der Waals surface area contributed by atoms with Gasteiger partial charge in [-0.15, -0.1) is 0 Å². The maximum Gasteiger partial charge on any atom is 0.337 e. The number of aromatic carboxylic acids is 1. The van der Waals surface area contributed by atoms with E-state index in [-0.39, 0.29) is 5.56 Å². The van der Waals surface area contributed by atoms with E-state index in [9.17, 15) is 4.79 Å². The van der Waals surface area contributed by atoms with Gasteiger partial charge in [0.15, 0.2) is 5.65 Å². The fourth-order valence-corrected chi connectivity index (χ4v) is 1.67. The zero-order valence-electron chi connectivity index (χ0n) is 10.1. The van der Waals surface area contributed by atoms with Crippen LogP contribution < -0.4 is 0 Å². The van der Waals surface area contributed by atoms with Gasteiger partial charge in [0.05, 0.1) is 11.1 Å². The van der Waals surface area contributed by atoms with Crippen LogP contribution in [0.5, 0.6) is 0 Å². The highest BCUT2D eigenvalue weighted by molar-refractivity contribution is 5.90. The van der Waals surface area contributed by atoms with E-state index in [1.165, 1.54) is 6.20 Å². The SMILES string of the molecule is CCOCCCc1nc2ncc(C(=O)O)cc2[nH]1. The van der Waals surface area contributed by atoms with Gasteiger partial charge < -0.3 is 14.8 Å². The van der Waals surface area contributed by atoms with Crippen LogP contribution >= 0.6 is 0 Å². The van der Waals surface area contributed by atoms with E-state index < -0.39 is 5.97 Å². The number of rotatable bonds is 6. The monoisotopic (exact) mass is 249 g/mol. The van der Waals surface area contributed by atoms with Crippen LogP contribution in [0.15, 0.2) is 12.3 Å². The number of H-pyrrole nitrogens is 1. The van der Waals surface area contributed by atoms with Gasteiger partial charge in [-0.05, 0) is 19.4 Å². The number of imidazole rings is 1. The first kappa shape index (κ1) is 12.5. The van der Waals surface area contributed by atoms with Crippen molar-refractivity contribution in [1.29, 1.82) is 0 Å². The van der Waals surface area contributed by atoms with Crippen molar-refractivity contribution < 1.29 is 14.6 Å². The molecular weight excluding hydrogens is 234 g/mol. The first-order valence-electron chi connectivity index (χ1n) is 5.86. The molecule has 6 heteroatoms. The highest BCUT2D eigenvalue weighted by atomic mass is 16.5. The molecule has 0 aliphatic heterocycles. The predicted molar refractivity (Wildman–Crippen MR) is 65.7 cm³/mol. The van der Waals surface area contributed by atoms with Crippen LogP contribution in [-0.2, 0) is 11.2 Å². The third kappa shape index (κ3) is 2.84. The van der Waals surface area contributed by atoms with Crippen LogP contribution in [0.4, 0.5) is 0 Å². The molecule has 18 heavy (non-hydrogen) atoms. The third-order valence-corrected chi connectivity index (χ3v) is 2.54. The summed E-state index contributed by atoms with van der Waals surface area (Å²) in [5.74, 6) is -0.184. The van der Waals surface area contributed by atoms with Crippen molar-refractivity contribution in [2.45, 2.75) is 19.8 Å². The quantitative estimate of drug-likeness (QED) is 0.759. The predicted octanol–water partition coefficient (Wildman–Crippen LogP) is 1.63. The Morgan fingerprint density at radius 1 is 1.56 bits per heavy atom. The minimum atomic E-state index is -0.989. The van der Waals surface area contributed by atoms with E-state index in [1.54, 1.807) is 6.07 Å². The lowest BCUT2D eigenvalue weighted by Gasteiger charge is -1.98. The van der Waals surface area contributed by atoms with Crippen molar-refractivity contribution in [1.82, 2.24) is 15.0 Å². The van der Waals surface area contributed by atoms with Crippen LogP contribution in [0, 0.1) is 0 Å². The van der Waals surface area contributed by atoms with Crippen LogP contribution in [0.1, 0.15) is 29.5 Å². The molecule has 0 atom stereocenters. The summed E-state index contributed by atoms with van der Waals surface area (Å²) in [4.78, 5) is 22.2. The highest BCUT2D eigenvalue weighted by Crippen LogP contribution is 2.12. The number of carbonyl (C=O) groups is 1. The lowest BCUT2D eigenvalue weighted by Crippen LogP contribution is -1.97.